The maximum atomic E-state index is 12.8. The summed E-state index contributed by atoms with van der Waals surface area (Å²) in [6, 6.07) is 2.38. The zero-order valence-corrected chi connectivity index (χ0v) is 15.4. The number of fused-ring (bicyclic) bond motifs is 1. The van der Waals surface area contributed by atoms with Crippen molar-refractivity contribution in [1.29, 1.82) is 0 Å². The van der Waals surface area contributed by atoms with Crippen molar-refractivity contribution >= 4 is 17.1 Å². The number of rotatable bonds is 3. The third-order valence-corrected chi connectivity index (χ3v) is 5.36. The number of imidazole rings is 1. The van der Waals surface area contributed by atoms with Gasteiger partial charge in [0.1, 0.15) is 11.3 Å². The highest BCUT2D eigenvalue weighted by Gasteiger charge is 2.25. The maximum Gasteiger partial charge on any atom is 0.253 e. The van der Waals surface area contributed by atoms with Crippen LogP contribution in [0.5, 0.6) is 0 Å². The number of carbonyl (C=O) groups is 1. The van der Waals surface area contributed by atoms with Crippen molar-refractivity contribution in [1.82, 2.24) is 29.6 Å². The monoisotopic (exact) mass is 352 g/mol. The van der Waals surface area contributed by atoms with Crippen molar-refractivity contribution in [3.63, 3.8) is 0 Å². The predicted molar refractivity (Wildman–Crippen MR) is 99.0 cm³/mol. The van der Waals surface area contributed by atoms with Gasteiger partial charge in [0.2, 0.25) is 0 Å². The number of aromatic nitrogens is 5. The van der Waals surface area contributed by atoms with Gasteiger partial charge in [0.15, 0.2) is 5.65 Å². The van der Waals surface area contributed by atoms with Gasteiger partial charge in [0, 0.05) is 25.5 Å². The van der Waals surface area contributed by atoms with Gasteiger partial charge in [-0.15, -0.1) is 0 Å². The van der Waals surface area contributed by atoms with Gasteiger partial charge < -0.3 is 9.88 Å². The molecule has 1 aliphatic carbocycles. The molecule has 0 radical (unpaired) electrons. The van der Waals surface area contributed by atoms with Crippen molar-refractivity contribution in [2.75, 3.05) is 0 Å². The number of pyridine rings is 1. The van der Waals surface area contributed by atoms with E-state index in [0.717, 1.165) is 37.2 Å². The maximum absolute atomic E-state index is 12.8. The highest BCUT2D eigenvalue weighted by molar-refractivity contribution is 6.04. The number of amides is 1. The molecular formula is C19H24N6O. The molecule has 1 N–H and O–H groups in total. The fourth-order valence-corrected chi connectivity index (χ4v) is 3.75. The molecule has 7 nitrogen and oxygen atoms in total. The van der Waals surface area contributed by atoms with E-state index in [9.17, 15) is 4.79 Å². The number of carbonyl (C=O) groups excluding carboxylic acids is 1. The molecule has 1 fully saturated rings. The minimum Gasteiger partial charge on any atom is -0.349 e. The van der Waals surface area contributed by atoms with Crippen molar-refractivity contribution < 1.29 is 4.79 Å². The molecule has 1 saturated carbocycles. The highest BCUT2D eigenvalue weighted by atomic mass is 16.1. The molecule has 7 heteroatoms. The molecule has 0 atom stereocenters. The zero-order valence-electron chi connectivity index (χ0n) is 15.4. The first kappa shape index (κ1) is 16.8. The average Bonchev–Trinajstić information content (AvgIpc) is 3.19. The molecule has 0 saturated heterocycles. The van der Waals surface area contributed by atoms with Crippen LogP contribution in [0.4, 0.5) is 0 Å². The molecular weight excluding hydrogens is 328 g/mol. The number of nitrogens with one attached hydrogen (secondary N) is 1. The van der Waals surface area contributed by atoms with E-state index in [1.165, 1.54) is 5.56 Å². The summed E-state index contributed by atoms with van der Waals surface area (Å²) >= 11 is 0. The summed E-state index contributed by atoms with van der Waals surface area (Å²) in [5.74, 6) is 0.789. The lowest BCUT2D eigenvalue weighted by Crippen LogP contribution is -2.38. The third kappa shape index (κ3) is 2.98. The summed E-state index contributed by atoms with van der Waals surface area (Å²) in [5, 5.41) is 7.62. The molecule has 136 valence electrons. The fourth-order valence-electron chi connectivity index (χ4n) is 3.75. The SMILES string of the molecule is Cc1cnn(C2CCC(NC(=O)c3ccnc4c3nc(C)n4C)CC2)c1. The fraction of sp³-hybridized carbons (Fsp3) is 0.474. The summed E-state index contributed by atoms with van der Waals surface area (Å²) < 4.78 is 3.97. The molecule has 3 heterocycles. The van der Waals surface area contributed by atoms with Crippen LogP contribution in [0, 0.1) is 13.8 Å². The van der Waals surface area contributed by atoms with E-state index in [4.69, 9.17) is 0 Å². The van der Waals surface area contributed by atoms with Crippen molar-refractivity contribution in [2.45, 2.75) is 51.6 Å². The molecule has 1 aliphatic rings. The molecule has 1 amide bonds. The van der Waals surface area contributed by atoms with Crippen LogP contribution in [-0.4, -0.2) is 36.3 Å². The van der Waals surface area contributed by atoms with E-state index in [2.05, 4.69) is 38.2 Å². The number of aryl methyl sites for hydroxylation is 3. The topological polar surface area (TPSA) is 77.6 Å². The Morgan fingerprint density at radius 3 is 2.69 bits per heavy atom. The Hall–Kier alpha value is -2.70. The molecule has 4 rings (SSSR count). The van der Waals surface area contributed by atoms with Crippen LogP contribution in [0.25, 0.3) is 11.2 Å². The Morgan fingerprint density at radius 1 is 1.23 bits per heavy atom. The molecule has 0 aromatic carbocycles. The molecule has 0 aliphatic heterocycles. The van der Waals surface area contributed by atoms with Crippen LogP contribution in [-0.2, 0) is 7.05 Å². The summed E-state index contributed by atoms with van der Waals surface area (Å²) in [6.45, 7) is 3.98. The second-order valence-electron chi connectivity index (χ2n) is 7.23. The Morgan fingerprint density at radius 2 is 2.00 bits per heavy atom. The van der Waals surface area contributed by atoms with Gasteiger partial charge in [-0.3, -0.25) is 9.48 Å². The number of hydrogen-bond acceptors (Lipinski definition) is 4. The van der Waals surface area contributed by atoms with Gasteiger partial charge >= 0.3 is 0 Å². The van der Waals surface area contributed by atoms with E-state index in [1.54, 1.807) is 12.3 Å². The van der Waals surface area contributed by atoms with Crippen molar-refractivity contribution in [2.24, 2.45) is 7.05 Å². The Labute approximate surface area is 152 Å². The highest BCUT2D eigenvalue weighted by Crippen LogP contribution is 2.28. The molecule has 3 aromatic rings. The van der Waals surface area contributed by atoms with Gasteiger partial charge in [0.25, 0.3) is 5.91 Å². The van der Waals surface area contributed by atoms with Gasteiger partial charge in [-0.05, 0) is 51.2 Å². The molecule has 0 bridgehead atoms. The van der Waals surface area contributed by atoms with E-state index < -0.39 is 0 Å². The molecule has 3 aromatic heterocycles. The first-order chi connectivity index (χ1) is 12.5. The number of hydrogen-bond donors (Lipinski definition) is 1. The van der Waals surface area contributed by atoms with Crippen LogP contribution in [0.15, 0.2) is 24.7 Å². The molecule has 0 spiro atoms. The van der Waals surface area contributed by atoms with Crippen molar-refractivity contribution in [3.8, 4) is 0 Å². The van der Waals surface area contributed by atoms with Crippen LogP contribution in [0.2, 0.25) is 0 Å². The van der Waals surface area contributed by atoms with Crippen LogP contribution in [0.1, 0.15) is 53.5 Å². The Bertz CT molecular complexity index is 948. The molecule has 26 heavy (non-hydrogen) atoms. The normalized spacial score (nSPS) is 20.4. The lowest BCUT2D eigenvalue weighted by molar-refractivity contribution is 0.0923. The summed E-state index contributed by atoms with van der Waals surface area (Å²) in [4.78, 5) is 21.7. The van der Waals surface area contributed by atoms with E-state index in [0.29, 0.717) is 17.1 Å². The quantitative estimate of drug-likeness (QED) is 0.786. The lowest BCUT2D eigenvalue weighted by Gasteiger charge is -2.29. The first-order valence-electron chi connectivity index (χ1n) is 9.12. The van der Waals surface area contributed by atoms with Gasteiger partial charge in [-0.25, -0.2) is 9.97 Å². The van der Waals surface area contributed by atoms with E-state index in [1.807, 2.05) is 24.7 Å². The first-order valence-corrected chi connectivity index (χ1v) is 9.12. The Kier molecular flexibility index (Phi) is 4.22. The second kappa shape index (κ2) is 6.55. The van der Waals surface area contributed by atoms with E-state index in [-0.39, 0.29) is 11.9 Å². The standard InChI is InChI=1S/C19H24N6O/c1-12-10-21-25(11-12)15-6-4-14(5-7-15)23-19(26)16-8-9-20-18-17(16)22-13(2)24(18)3/h8-11,14-15H,4-7H2,1-3H3,(H,23,26). The smallest absolute Gasteiger partial charge is 0.253 e. The zero-order chi connectivity index (χ0) is 18.3. The lowest BCUT2D eigenvalue weighted by atomic mass is 9.91. The van der Waals surface area contributed by atoms with Crippen LogP contribution >= 0.6 is 0 Å². The van der Waals surface area contributed by atoms with Crippen LogP contribution in [0.3, 0.4) is 0 Å². The minimum atomic E-state index is -0.0612. The van der Waals surface area contributed by atoms with Crippen LogP contribution < -0.4 is 5.32 Å². The minimum absolute atomic E-state index is 0.0612. The summed E-state index contributed by atoms with van der Waals surface area (Å²) in [7, 11) is 1.91. The van der Waals surface area contributed by atoms with Gasteiger partial charge in [-0.1, -0.05) is 0 Å². The van der Waals surface area contributed by atoms with Crippen molar-refractivity contribution in [3.05, 3.63) is 41.6 Å². The number of nitrogens with zero attached hydrogens (tertiary/aromatic N) is 5. The largest absolute Gasteiger partial charge is 0.349 e. The third-order valence-electron chi connectivity index (χ3n) is 5.36. The van der Waals surface area contributed by atoms with E-state index >= 15 is 0 Å². The van der Waals surface area contributed by atoms with Gasteiger partial charge in [-0.2, -0.15) is 5.10 Å². The molecule has 0 unspecified atom stereocenters. The predicted octanol–water partition coefficient (Wildman–Crippen LogP) is 2.70. The average molecular weight is 352 g/mol. The second-order valence-corrected chi connectivity index (χ2v) is 7.23. The summed E-state index contributed by atoms with van der Waals surface area (Å²) in [6.07, 6.45) is 9.66. The summed E-state index contributed by atoms with van der Waals surface area (Å²) in [5.41, 5.74) is 3.20. The van der Waals surface area contributed by atoms with Gasteiger partial charge in [0.05, 0.1) is 17.8 Å². The Balaban J connectivity index is 1.44.